The third-order valence-corrected chi connectivity index (χ3v) is 5.92. The minimum atomic E-state index is -0.486. The Bertz CT molecular complexity index is 1080. The van der Waals surface area contributed by atoms with Gasteiger partial charge in [-0.15, -0.1) is 0 Å². The number of carbonyl (C=O) groups is 3. The highest BCUT2D eigenvalue weighted by Gasteiger charge is 2.19. The van der Waals surface area contributed by atoms with Crippen LogP contribution in [0.4, 0.5) is 0 Å². The minimum absolute atomic E-state index is 0.178. The van der Waals surface area contributed by atoms with Crippen molar-refractivity contribution in [3.8, 4) is 17.2 Å². The minimum Gasteiger partial charge on any atom is -0.493 e. The molecule has 2 aromatic rings. The van der Waals surface area contributed by atoms with Crippen molar-refractivity contribution < 1.29 is 33.3 Å². The van der Waals surface area contributed by atoms with E-state index in [0.717, 1.165) is 19.4 Å². The van der Waals surface area contributed by atoms with Gasteiger partial charge in [0, 0.05) is 25.5 Å². The average molecular weight is 579 g/mol. The maximum Gasteiger partial charge on any atom is 0.338 e. The zero-order valence-corrected chi connectivity index (χ0v) is 23.8. The molecule has 0 unspecified atom stereocenters. The zero-order chi connectivity index (χ0) is 27.4. The van der Waals surface area contributed by atoms with Gasteiger partial charge in [-0.1, -0.05) is 13.3 Å². The van der Waals surface area contributed by atoms with Crippen LogP contribution in [0.3, 0.4) is 0 Å². The summed E-state index contributed by atoms with van der Waals surface area (Å²) in [5.41, 5.74) is 1.52. The molecular weight excluding hydrogens is 542 g/mol. The van der Waals surface area contributed by atoms with Crippen molar-refractivity contribution in [2.24, 2.45) is 0 Å². The van der Waals surface area contributed by atoms with Crippen molar-refractivity contribution in [1.82, 2.24) is 4.90 Å². The maximum atomic E-state index is 12.2. The first kappa shape index (κ1) is 30.3. The van der Waals surface area contributed by atoms with Gasteiger partial charge < -0.3 is 23.8 Å². The number of rotatable bonds is 15. The Morgan fingerprint density at radius 3 is 2.19 bits per heavy atom. The van der Waals surface area contributed by atoms with Crippen LogP contribution in [0.1, 0.15) is 66.3 Å². The largest absolute Gasteiger partial charge is 0.493 e. The number of ketones is 1. The van der Waals surface area contributed by atoms with E-state index in [-0.39, 0.29) is 17.5 Å². The van der Waals surface area contributed by atoms with E-state index >= 15 is 0 Å². The van der Waals surface area contributed by atoms with Crippen LogP contribution in [0.2, 0.25) is 0 Å². The summed E-state index contributed by atoms with van der Waals surface area (Å²) in [6.45, 7) is 6.73. The van der Waals surface area contributed by atoms with Crippen molar-refractivity contribution in [1.29, 1.82) is 0 Å². The summed E-state index contributed by atoms with van der Waals surface area (Å²) in [5, 5.41) is 0. The second-order valence-corrected chi connectivity index (χ2v) is 9.66. The molecule has 9 heteroatoms. The summed E-state index contributed by atoms with van der Waals surface area (Å²) in [5.74, 6) is 0.431. The Labute approximate surface area is 227 Å². The van der Waals surface area contributed by atoms with Crippen LogP contribution in [0.15, 0.2) is 34.8 Å². The highest BCUT2D eigenvalue weighted by molar-refractivity contribution is 9.10. The van der Waals surface area contributed by atoms with E-state index in [4.69, 9.17) is 18.9 Å². The van der Waals surface area contributed by atoms with Gasteiger partial charge in [0.1, 0.15) is 17.2 Å². The van der Waals surface area contributed by atoms with E-state index in [9.17, 15) is 14.4 Å². The first-order chi connectivity index (χ1) is 17.6. The van der Waals surface area contributed by atoms with E-state index in [1.54, 1.807) is 30.3 Å². The summed E-state index contributed by atoms with van der Waals surface area (Å²) in [4.78, 5) is 38.0. The van der Waals surface area contributed by atoms with Crippen molar-refractivity contribution in [2.75, 3.05) is 40.5 Å². The van der Waals surface area contributed by atoms with E-state index in [1.165, 1.54) is 13.8 Å². The Balaban J connectivity index is 1.92. The molecule has 202 valence electrons. The highest BCUT2D eigenvalue weighted by atomic mass is 79.9. The molecular formula is C28H36BrNO7. The number of Topliss-reactive ketones (excluding diaryl/α,β-unsaturated/α-hetero) is 1. The summed E-state index contributed by atoms with van der Waals surface area (Å²) in [7, 11) is 3.95. The van der Waals surface area contributed by atoms with Crippen molar-refractivity contribution in [3.63, 3.8) is 0 Å². The summed E-state index contributed by atoms with van der Waals surface area (Å²) >= 11 is 3.46. The molecule has 0 amide bonds. The van der Waals surface area contributed by atoms with Crippen LogP contribution in [0.5, 0.6) is 17.2 Å². The molecule has 8 nitrogen and oxygen atoms in total. The molecule has 0 spiro atoms. The molecule has 0 aromatic heterocycles. The van der Waals surface area contributed by atoms with Crippen LogP contribution >= 0.6 is 15.9 Å². The fourth-order valence-electron chi connectivity index (χ4n) is 3.57. The standard InChI is InChI=1S/C28H36BrNO7/c1-6-9-23-25(13-11-22(19(2)31)27(23)37-20(3)32)34-16-8-17-35-26-12-10-21(18-24(26)29)28(33)36-15-7-14-30(4)5/h10-13,18H,6-9,14-17H2,1-5H3. The number of esters is 2. The molecule has 0 saturated carbocycles. The smallest absolute Gasteiger partial charge is 0.338 e. The maximum absolute atomic E-state index is 12.2. The first-order valence-corrected chi connectivity index (χ1v) is 13.2. The van der Waals surface area contributed by atoms with Crippen molar-refractivity contribution in [2.45, 2.75) is 46.5 Å². The number of benzene rings is 2. The molecule has 0 saturated heterocycles. The van der Waals surface area contributed by atoms with Gasteiger partial charge in [-0.25, -0.2) is 4.79 Å². The van der Waals surface area contributed by atoms with Gasteiger partial charge in [0.15, 0.2) is 5.78 Å². The lowest BCUT2D eigenvalue weighted by Crippen LogP contribution is -2.16. The van der Waals surface area contributed by atoms with Crippen LogP contribution in [0.25, 0.3) is 0 Å². The lowest BCUT2D eigenvalue weighted by molar-refractivity contribution is -0.131. The second kappa shape index (κ2) is 15.4. The summed E-state index contributed by atoms with van der Waals surface area (Å²) in [6, 6.07) is 8.45. The number of hydrogen-bond donors (Lipinski definition) is 0. The normalized spacial score (nSPS) is 10.8. The summed E-state index contributed by atoms with van der Waals surface area (Å²) in [6.07, 6.45) is 2.76. The number of nitrogens with zero attached hydrogens (tertiary/aromatic N) is 1. The average Bonchev–Trinajstić information content (AvgIpc) is 2.83. The quantitative estimate of drug-likeness (QED) is 0.119. The molecule has 2 aromatic carbocycles. The van der Waals surface area contributed by atoms with E-state index < -0.39 is 5.97 Å². The van der Waals surface area contributed by atoms with Gasteiger partial charge in [0.25, 0.3) is 0 Å². The Kier molecular flexibility index (Phi) is 12.6. The Morgan fingerprint density at radius 2 is 1.59 bits per heavy atom. The van der Waals surface area contributed by atoms with Gasteiger partial charge in [-0.3, -0.25) is 9.59 Å². The fraction of sp³-hybridized carbons (Fsp3) is 0.464. The molecule has 0 aliphatic carbocycles. The van der Waals surface area contributed by atoms with Crippen LogP contribution < -0.4 is 14.2 Å². The Morgan fingerprint density at radius 1 is 0.919 bits per heavy atom. The topological polar surface area (TPSA) is 91.4 Å². The van der Waals surface area contributed by atoms with Crippen molar-refractivity contribution in [3.05, 3.63) is 51.5 Å². The number of carbonyl (C=O) groups excluding carboxylic acids is 3. The molecule has 0 heterocycles. The molecule has 0 bridgehead atoms. The van der Waals surface area contributed by atoms with Gasteiger partial charge in [0.2, 0.25) is 0 Å². The van der Waals surface area contributed by atoms with E-state index in [0.29, 0.717) is 65.3 Å². The number of hydrogen-bond acceptors (Lipinski definition) is 8. The summed E-state index contributed by atoms with van der Waals surface area (Å²) < 4.78 is 23.2. The molecule has 0 atom stereocenters. The van der Waals surface area contributed by atoms with Crippen LogP contribution in [-0.4, -0.2) is 63.1 Å². The van der Waals surface area contributed by atoms with E-state index in [1.807, 2.05) is 25.9 Å². The number of halogens is 1. The predicted octanol–water partition coefficient (Wildman–Crippen LogP) is 5.49. The van der Waals surface area contributed by atoms with Crippen LogP contribution in [-0.2, 0) is 16.0 Å². The van der Waals surface area contributed by atoms with Gasteiger partial charge in [-0.05, 0) is 80.1 Å². The predicted molar refractivity (Wildman–Crippen MR) is 145 cm³/mol. The monoisotopic (exact) mass is 577 g/mol. The van der Waals surface area contributed by atoms with Gasteiger partial charge >= 0.3 is 11.9 Å². The molecule has 2 rings (SSSR count). The second-order valence-electron chi connectivity index (χ2n) is 8.81. The molecule has 0 radical (unpaired) electrons. The third-order valence-electron chi connectivity index (χ3n) is 5.30. The number of ether oxygens (including phenoxy) is 4. The van der Waals surface area contributed by atoms with Crippen LogP contribution in [0, 0.1) is 0 Å². The third kappa shape index (κ3) is 9.81. The molecule has 0 aliphatic rings. The lowest BCUT2D eigenvalue weighted by Gasteiger charge is -2.17. The van der Waals surface area contributed by atoms with Gasteiger partial charge in [0.05, 0.1) is 35.4 Å². The highest BCUT2D eigenvalue weighted by Crippen LogP contribution is 2.34. The lowest BCUT2D eigenvalue weighted by atomic mass is 10.0. The molecule has 0 fully saturated rings. The van der Waals surface area contributed by atoms with E-state index in [2.05, 4.69) is 15.9 Å². The molecule has 37 heavy (non-hydrogen) atoms. The van der Waals surface area contributed by atoms with Crippen molar-refractivity contribution >= 4 is 33.7 Å². The fourth-order valence-corrected chi connectivity index (χ4v) is 4.06. The zero-order valence-electron chi connectivity index (χ0n) is 22.2. The SMILES string of the molecule is CCCc1c(OCCCOc2ccc(C(=O)OCCCN(C)C)cc2Br)ccc(C(C)=O)c1OC(C)=O. The molecule has 0 aliphatic heterocycles. The first-order valence-electron chi connectivity index (χ1n) is 12.4. The Hall–Kier alpha value is -2.91. The molecule has 0 N–H and O–H groups in total. The van der Waals surface area contributed by atoms with Gasteiger partial charge in [-0.2, -0.15) is 0 Å².